The van der Waals surface area contributed by atoms with Crippen molar-refractivity contribution in [3.63, 3.8) is 0 Å². The lowest BCUT2D eigenvalue weighted by Crippen LogP contribution is -2.45. The molecule has 8 heteroatoms. The standard InChI is InChI=1S/C26H41N7O/c1-19-8-6-9-20(2)32(19)15-7-13-27-26(34)21-11-16-31(17-12-21)24-23-25(29-18-28-24)33-14-5-3-4-10-22(33)30-23/h18-21H,3-17H2,1-2H3,(H,27,34)/t19-,20+. The third-order valence-electron chi connectivity index (χ3n) is 8.31. The van der Waals surface area contributed by atoms with Crippen molar-refractivity contribution >= 4 is 22.9 Å². The Bertz CT molecular complexity index is 971. The van der Waals surface area contributed by atoms with E-state index in [-0.39, 0.29) is 11.8 Å². The molecule has 0 saturated carbocycles. The summed E-state index contributed by atoms with van der Waals surface area (Å²) < 4.78 is 2.29. The molecule has 3 aliphatic heterocycles. The van der Waals surface area contributed by atoms with E-state index >= 15 is 0 Å². The molecule has 3 aliphatic rings. The summed E-state index contributed by atoms with van der Waals surface area (Å²) in [5, 5.41) is 3.22. The van der Waals surface area contributed by atoms with Gasteiger partial charge in [-0.15, -0.1) is 0 Å². The number of nitrogens with one attached hydrogen (secondary N) is 1. The van der Waals surface area contributed by atoms with Crippen LogP contribution >= 0.6 is 0 Å². The van der Waals surface area contributed by atoms with Gasteiger partial charge in [-0.2, -0.15) is 0 Å². The average molecular weight is 468 g/mol. The molecule has 0 aromatic carbocycles. The Balaban J connectivity index is 1.12. The Morgan fingerprint density at radius 1 is 1.00 bits per heavy atom. The predicted molar refractivity (Wildman–Crippen MR) is 135 cm³/mol. The lowest BCUT2D eigenvalue weighted by molar-refractivity contribution is -0.125. The van der Waals surface area contributed by atoms with Crippen LogP contribution in [0.5, 0.6) is 0 Å². The van der Waals surface area contributed by atoms with Crippen LogP contribution in [0.25, 0.3) is 11.2 Å². The quantitative estimate of drug-likeness (QED) is 0.655. The average Bonchev–Trinajstić information content (AvgIpc) is 3.04. The summed E-state index contributed by atoms with van der Waals surface area (Å²) in [5.41, 5.74) is 1.91. The van der Waals surface area contributed by atoms with Crippen molar-refractivity contribution in [3.05, 3.63) is 12.2 Å². The van der Waals surface area contributed by atoms with E-state index in [4.69, 9.17) is 4.98 Å². The van der Waals surface area contributed by atoms with Gasteiger partial charge in [0, 0.05) is 57.1 Å². The topological polar surface area (TPSA) is 79.2 Å². The molecule has 1 amide bonds. The van der Waals surface area contributed by atoms with Gasteiger partial charge < -0.3 is 14.8 Å². The van der Waals surface area contributed by atoms with E-state index < -0.39 is 0 Å². The summed E-state index contributed by atoms with van der Waals surface area (Å²) in [6.07, 6.45) is 13.1. The van der Waals surface area contributed by atoms with Gasteiger partial charge in [-0.1, -0.05) is 12.8 Å². The highest BCUT2D eigenvalue weighted by Crippen LogP contribution is 2.29. The normalized spacial score (nSPS) is 24.7. The molecule has 2 aromatic heterocycles. The molecule has 1 N–H and O–H groups in total. The van der Waals surface area contributed by atoms with Gasteiger partial charge in [-0.3, -0.25) is 9.69 Å². The van der Waals surface area contributed by atoms with Crippen LogP contribution in [-0.2, 0) is 17.8 Å². The Labute approximate surface area is 203 Å². The van der Waals surface area contributed by atoms with E-state index in [2.05, 4.69) is 43.5 Å². The second-order valence-corrected chi connectivity index (χ2v) is 10.6. The molecule has 2 atom stereocenters. The van der Waals surface area contributed by atoms with E-state index in [1.807, 2.05) is 0 Å². The van der Waals surface area contributed by atoms with Gasteiger partial charge in [-0.25, -0.2) is 15.0 Å². The highest BCUT2D eigenvalue weighted by molar-refractivity contribution is 5.84. The third kappa shape index (κ3) is 4.92. The van der Waals surface area contributed by atoms with Gasteiger partial charge in [0.15, 0.2) is 17.0 Å². The van der Waals surface area contributed by atoms with E-state index in [1.165, 1.54) is 38.5 Å². The van der Waals surface area contributed by atoms with E-state index in [1.54, 1.807) is 6.33 Å². The number of aromatic nitrogens is 4. The summed E-state index contributed by atoms with van der Waals surface area (Å²) in [4.78, 5) is 31.9. The van der Waals surface area contributed by atoms with Gasteiger partial charge in [0.25, 0.3) is 0 Å². The number of carbonyl (C=O) groups is 1. The van der Waals surface area contributed by atoms with Crippen LogP contribution in [-0.4, -0.2) is 68.6 Å². The molecular formula is C26H41N7O. The van der Waals surface area contributed by atoms with Gasteiger partial charge in [0.2, 0.25) is 5.91 Å². The van der Waals surface area contributed by atoms with E-state index in [0.29, 0.717) is 12.1 Å². The summed E-state index contributed by atoms with van der Waals surface area (Å²) in [6, 6.07) is 1.34. The van der Waals surface area contributed by atoms with Crippen LogP contribution in [0.1, 0.15) is 77.5 Å². The fourth-order valence-corrected chi connectivity index (χ4v) is 6.24. The fraction of sp³-hybridized carbons (Fsp3) is 0.769. The number of carbonyl (C=O) groups excluding carboxylic acids is 1. The molecule has 5 rings (SSSR count). The maximum absolute atomic E-state index is 12.8. The van der Waals surface area contributed by atoms with Gasteiger partial charge in [0.1, 0.15) is 12.2 Å². The molecule has 5 heterocycles. The fourth-order valence-electron chi connectivity index (χ4n) is 6.24. The van der Waals surface area contributed by atoms with Gasteiger partial charge in [0.05, 0.1) is 0 Å². The first-order chi connectivity index (χ1) is 16.6. The number of aryl methyl sites for hydroxylation is 2. The zero-order valence-electron chi connectivity index (χ0n) is 21.0. The Hall–Kier alpha value is -2.22. The first-order valence-electron chi connectivity index (χ1n) is 13.6. The number of anilines is 1. The van der Waals surface area contributed by atoms with Crippen molar-refractivity contribution in [2.24, 2.45) is 5.92 Å². The maximum atomic E-state index is 12.8. The first kappa shape index (κ1) is 23.5. The van der Waals surface area contributed by atoms with Gasteiger partial charge >= 0.3 is 0 Å². The zero-order valence-corrected chi connectivity index (χ0v) is 21.0. The second kappa shape index (κ2) is 10.6. The van der Waals surface area contributed by atoms with Crippen molar-refractivity contribution in [2.45, 2.75) is 96.7 Å². The molecule has 0 radical (unpaired) electrons. The molecule has 186 valence electrons. The number of likely N-dealkylation sites (tertiary alicyclic amines) is 1. The third-order valence-corrected chi connectivity index (χ3v) is 8.31. The number of imidazole rings is 1. The zero-order chi connectivity index (χ0) is 23.5. The molecular weight excluding hydrogens is 426 g/mol. The van der Waals surface area contributed by atoms with Crippen molar-refractivity contribution in [1.82, 2.24) is 29.7 Å². The van der Waals surface area contributed by atoms with Crippen LogP contribution in [0.3, 0.4) is 0 Å². The largest absolute Gasteiger partial charge is 0.356 e. The van der Waals surface area contributed by atoms with Crippen molar-refractivity contribution in [1.29, 1.82) is 0 Å². The van der Waals surface area contributed by atoms with Crippen LogP contribution in [0, 0.1) is 5.92 Å². The Morgan fingerprint density at radius 2 is 1.79 bits per heavy atom. The predicted octanol–water partition coefficient (Wildman–Crippen LogP) is 3.54. The minimum absolute atomic E-state index is 0.0973. The molecule has 8 nitrogen and oxygen atoms in total. The highest BCUT2D eigenvalue weighted by atomic mass is 16.1. The summed E-state index contributed by atoms with van der Waals surface area (Å²) in [5.74, 6) is 2.41. The van der Waals surface area contributed by atoms with E-state index in [0.717, 1.165) is 81.2 Å². The minimum Gasteiger partial charge on any atom is -0.356 e. The molecule has 34 heavy (non-hydrogen) atoms. The van der Waals surface area contributed by atoms with Gasteiger partial charge in [-0.05, 0) is 58.8 Å². The number of fused-ring (bicyclic) bond motifs is 3. The van der Waals surface area contributed by atoms with Crippen molar-refractivity contribution in [2.75, 3.05) is 31.1 Å². The van der Waals surface area contributed by atoms with Crippen LogP contribution in [0.4, 0.5) is 5.82 Å². The number of hydrogen-bond acceptors (Lipinski definition) is 6. The SMILES string of the molecule is C[C@@H]1CCC[C@H](C)N1CCCNC(=O)C1CCN(c2ncnc3c2nc2n3CCCCC2)CC1. The van der Waals surface area contributed by atoms with Crippen molar-refractivity contribution < 1.29 is 4.79 Å². The minimum atomic E-state index is 0.0973. The van der Waals surface area contributed by atoms with Crippen molar-refractivity contribution in [3.8, 4) is 0 Å². The number of hydrogen-bond donors (Lipinski definition) is 1. The lowest BCUT2D eigenvalue weighted by Gasteiger charge is -2.39. The molecule has 2 aromatic rings. The van der Waals surface area contributed by atoms with Crippen LogP contribution < -0.4 is 10.2 Å². The summed E-state index contributed by atoms with van der Waals surface area (Å²) >= 11 is 0. The molecule has 0 aliphatic carbocycles. The molecule has 0 bridgehead atoms. The summed E-state index contributed by atoms with van der Waals surface area (Å²) in [6.45, 7) is 9.23. The second-order valence-electron chi connectivity index (χ2n) is 10.6. The number of nitrogens with zero attached hydrogens (tertiary/aromatic N) is 6. The summed E-state index contributed by atoms with van der Waals surface area (Å²) in [7, 11) is 0. The number of rotatable bonds is 6. The maximum Gasteiger partial charge on any atom is 0.223 e. The number of piperidine rings is 2. The van der Waals surface area contributed by atoms with E-state index in [9.17, 15) is 4.79 Å². The first-order valence-corrected chi connectivity index (χ1v) is 13.6. The van der Waals surface area contributed by atoms with Crippen LogP contribution in [0.2, 0.25) is 0 Å². The Morgan fingerprint density at radius 3 is 2.59 bits per heavy atom. The Kier molecular flexibility index (Phi) is 7.32. The number of amides is 1. The molecule has 0 spiro atoms. The monoisotopic (exact) mass is 467 g/mol. The molecule has 2 fully saturated rings. The smallest absolute Gasteiger partial charge is 0.223 e. The molecule has 0 unspecified atom stereocenters. The lowest BCUT2D eigenvalue weighted by atomic mass is 9.95. The molecule has 2 saturated heterocycles. The van der Waals surface area contributed by atoms with Crippen LogP contribution in [0.15, 0.2) is 6.33 Å². The highest BCUT2D eigenvalue weighted by Gasteiger charge is 2.28.